The molecule has 4 aromatic rings. The highest BCUT2D eigenvalue weighted by Crippen LogP contribution is 2.34. The second kappa shape index (κ2) is 8.67. The molecule has 0 radical (unpaired) electrons. The Morgan fingerprint density at radius 1 is 1.00 bits per heavy atom. The zero-order chi connectivity index (χ0) is 24.6. The number of benzene rings is 3. The van der Waals surface area contributed by atoms with Crippen molar-refractivity contribution in [2.24, 2.45) is 0 Å². The summed E-state index contributed by atoms with van der Waals surface area (Å²) < 4.78 is 69.1. The lowest BCUT2D eigenvalue weighted by molar-refractivity contribution is -0.145. The molecule has 1 aromatic heterocycles. The number of hydrogen-bond donors (Lipinski definition) is 2. The van der Waals surface area contributed by atoms with Gasteiger partial charge in [-0.25, -0.2) is 13.8 Å². The van der Waals surface area contributed by atoms with Crippen LogP contribution in [0.2, 0.25) is 0 Å². The molecule has 1 heterocycles. The monoisotopic (exact) mass is 475 g/mol. The maximum atomic E-state index is 13.8. The van der Waals surface area contributed by atoms with Gasteiger partial charge in [0.05, 0.1) is 16.6 Å². The van der Waals surface area contributed by atoms with Crippen molar-refractivity contribution in [1.29, 1.82) is 0 Å². The van der Waals surface area contributed by atoms with Crippen LogP contribution in [0.4, 0.5) is 27.6 Å². The molecule has 0 unspecified atom stereocenters. The SMILES string of the molecule is O=C(CO)c1ccc2c(c1)nc(C(F)(F)F)n2-c1ccc(NC(=O)c2cccc(F)c2F)cc1. The van der Waals surface area contributed by atoms with Crippen molar-refractivity contribution in [1.82, 2.24) is 9.55 Å². The van der Waals surface area contributed by atoms with Crippen molar-refractivity contribution in [3.63, 3.8) is 0 Å². The number of halogens is 5. The lowest BCUT2D eigenvalue weighted by atomic mass is 10.1. The fourth-order valence-corrected chi connectivity index (χ4v) is 3.37. The number of amides is 1. The fraction of sp³-hybridized carbons (Fsp3) is 0.0870. The highest BCUT2D eigenvalue weighted by Gasteiger charge is 2.38. The Hall–Kier alpha value is -4.12. The molecule has 1 amide bonds. The summed E-state index contributed by atoms with van der Waals surface area (Å²) in [4.78, 5) is 27.6. The van der Waals surface area contributed by atoms with Crippen molar-refractivity contribution in [3.05, 3.63) is 89.2 Å². The van der Waals surface area contributed by atoms with Gasteiger partial charge in [0.2, 0.25) is 5.82 Å². The van der Waals surface area contributed by atoms with E-state index in [9.17, 15) is 31.5 Å². The van der Waals surface area contributed by atoms with Crippen LogP contribution in [0.1, 0.15) is 26.5 Å². The molecule has 0 bridgehead atoms. The summed E-state index contributed by atoms with van der Waals surface area (Å²) in [5.41, 5.74) is -0.392. The molecule has 0 fully saturated rings. The van der Waals surface area contributed by atoms with E-state index < -0.39 is 47.5 Å². The van der Waals surface area contributed by atoms with Gasteiger partial charge in [-0.05, 0) is 54.6 Å². The van der Waals surface area contributed by atoms with Gasteiger partial charge in [0.25, 0.3) is 5.91 Å². The van der Waals surface area contributed by atoms with Crippen LogP contribution in [0, 0.1) is 11.6 Å². The Balaban J connectivity index is 1.71. The maximum Gasteiger partial charge on any atom is 0.450 e. The van der Waals surface area contributed by atoms with Crippen molar-refractivity contribution in [2.75, 3.05) is 11.9 Å². The molecule has 4 rings (SSSR count). The van der Waals surface area contributed by atoms with E-state index in [0.29, 0.717) is 0 Å². The van der Waals surface area contributed by atoms with E-state index in [1.165, 1.54) is 42.5 Å². The number of imidazole rings is 1. The number of aliphatic hydroxyl groups excluding tert-OH is 1. The molecule has 0 spiro atoms. The minimum atomic E-state index is -4.83. The number of nitrogens with one attached hydrogen (secondary N) is 1. The second-order valence-electron chi connectivity index (χ2n) is 7.16. The van der Waals surface area contributed by atoms with E-state index in [1.54, 1.807) is 0 Å². The average Bonchev–Trinajstić information content (AvgIpc) is 3.20. The van der Waals surface area contributed by atoms with E-state index in [4.69, 9.17) is 5.11 Å². The fourth-order valence-electron chi connectivity index (χ4n) is 3.37. The number of fused-ring (bicyclic) bond motifs is 1. The summed E-state index contributed by atoms with van der Waals surface area (Å²) in [6.07, 6.45) is -4.83. The minimum absolute atomic E-state index is 0.0102. The zero-order valence-electron chi connectivity index (χ0n) is 17.0. The van der Waals surface area contributed by atoms with Crippen LogP contribution in [0.15, 0.2) is 60.7 Å². The number of carbonyl (C=O) groups excluding carboxylic acids is 2. The average molecular weight is 475 g/mol. The van der Waals surface area contributed by atoms with Gasteiger partial charge >= 0.3 is 6.18 Å². The summed E-state index contributed by atoms with van der Waals surface area (Å²) in [5, 5.41) is 11.3. The number of aliphatic hydroxyl groups is 1. The Labute approximate surface area is 188 Å². The molecule has 0 saturated carbocycles. The summed E-state index contributed by atoms with van der Waals surface area (Å²) in [5.74, 6) is -5.36. The first-order valence-corrected chi connectivity index (χ1v) is 9.69. The Morgan fingerprint density at radius 3 is 2.35 bits per heavy atom. The van der Waals surface area contributed by atoms with Gasteiger partial charge in [-0.15, -0.1) is 0 Å². The van der Waals surface area contributed by atoms with Crippen LogP contribution >= 0.6 is 0 Å². The van der Waals surface area contributed by atoms with Gasteiger partial charge < -0.3 is 10.4 Å². The van der Waals surface area contributed by atoms with Gasteiger partial charge in [0.1, 0.15) is 6.61 Å². The van der Waals surface area contributed by atoms with E-state index >= 15 is 0 Å². The topological polar surface area (TPSA) is 84.2 Å². The van der Waals surface area contributed by atoms with Crippen molar-refractivity contribution >= 4 is 28.4 Å². The number of hydrogen-bond acceptors (Lipinski definition) is 4. The molecule has 34 heavy (non-hydrogen) atoms. The number of ketones is 1. The lowest BCUT2D eigenvalue weighted by Crippen LogP contribution is -2.15. The number of carbonyl (C=O) groups is 2. The van der Waals surface area contributed by atoms with Crippen molar-refractivity contribution in [3.8, 4) is 5.69 Å². The molecule has 0 atom stereocenters. The van der Waals surface area contributed by atoms with Crippen LogP contribution in [-0.2, 0) is 6.18 Å². The van der Waals surface area contributed by atoms with E-state index in [1.807, 2.05) is 0 Å². The molecule has 0 aliphatic rings. The summed E-state index contributed by atoms with van der Waals surface area (Å²) in [6.45, 7) is -0.801. The third-order valence-electron chi connectivity index (χ3n) is 4.95. The van der Waals surface area contributed by atoms with Crippen LogP contribution in [0.25, 0.3) is 16.7 Å². The number of alkyl halides is 3. The summed E-state index contributed by atoms with van der Waals surface area (Å²) in [7, 11) is 0. The highest BCUT2D eigenvalue weighted by atomic mass is 19.4. The largest absolute Gasteiger partial charge is 0.450 e. The Bertz CT molecular complexity index is 1410. The zero-order valence-corrected chi connectivity index (χ0v) is 17.0. The molecular formula is C23H14F5N3O3. The van der Waals surface area contributed by atoms with Crippen molar-refractivity contribution in [2.45, 2.75) is 6.18 Å². The molecule has 0 saturated heterocycles. The third-order valence-corrected chi connectivity index (χ3v) is 4.95. The van der Waals surface area contributed by atoms with Crippen LogP contribution in [-0.4, -0.2) is 33.0 Å². The molecule has 174 valence electrons. The maximum absolute atomic E-state index is 13.8. The molecule has 0 aliphatic heterocycles. The van der Waals surface area contributed by atoms with Gasteiger partial charge in [-0.2, -0.15) is 13.2 Å². The van der Waals surface area contributed by atoms with E-state index in [2.05, 4.69) is 10.3 Å². The predicted molar refractivity (Wildman–Crippen MR) is 112 cm³/mol. The summed E-state index contributed by atoms with van der Waals surface area (Å²) in [6, 6.07) is 12.0. The van der Waals surface area contributed by atoms with Crippen LogP contribution in [0.5, 0.6) is 0 Å². The Kier molecular flexibility index (Phi) is 5.88. The number of anilines is 1. The molecule has 2 N–H and O–H groups in total. The lowest BCUT2D eigenvalue weighted by Gasteiger charge is -2.13. The first-order valence-electron chi connectivity index (χ1n) is 9.69. The number of aromatic nitrogens is 2. The normalized spacial score (nSPS) is 11.6. The highest BCUT2D eigenvalue weighted by molar-refractivity contribution is 6.04. The van der Waals surface area contributed by atoms with Crippen LogP contribution in [0.3, 0.4) is 0 Å². The minimum Gasteiger partial charge on any atom is -0.388 e. The van der Waals surface area contributed by atoms with Gasteiger partial charge in [0, 0.05) is 16.9 Å². The van der Waals surface area contributed by atoms with Gasteiger partial charge in [-0.3, -0.25) is 14.2 Å². The van der Waals surface area contributed by atoms with Crippen LogP contribution < -0.4 is 5.32 Å². The first kappa shape index (κ1) is 23.1. The van der Waals surface area contributed by atoms with Crippen molar-refractivity contribution < 1.29 is 36.6 Å². The number of rotatable bonds is 5. The van der Waals surface area contributed by atoms with E-state index in [-0.39, 0.29) is 28.0 Å². The van der Waals surface area contributed by atoms with Gasteiger partial charge in [0.15, 0.2) is 17.4 Å². The van der Waals surface area contributed by atoms with Gasteiger partial charge in [-0.1, -0.05) is 6.07 Å². The third kappa shape index (κ3) is 4.25. The molecule has 3 aromatic carbocycles. The number of Topliss-reactive ketones (excluding diaryl/α,β-unsaturated/α-hetero) is 1. The molecule has 6 nitrogen and oxygen atoms in total. The molecule has 11 heteroatoms. The molecule has 0 aliphatic carbocycles. The summed E-state index contributed by atoms with van der Waals surface area (Å²) >= 11 is 0. The molecular weight excluding hydrogens is 461 g/mol. The quantitative estimate of drug-likeness (QED) is 0.322. The predicted octanol–water partition coefficient (Wildman–Crippen LogP) is 4.75. The van der Waals surface area contributed by atoms with E-state index in [0.717, 1.165) is 22.8 Å². The standard InChI is InChI=1S/C23H14F5N3O3/c24-16-3-1-2-15(20(16)25)21(34)29-13-5-7-14(8-6-13)31-18-9-4-12(19(33)11-32)10-17(18)30-22(31)23(26,27)28/h1-10,32H,11H2,(H,29,34). The second-order valence-corrected chi connectivity index (χ2v) is 7.16. The smallest absolute Gasteiger partial charge is 0.388 e. The number of nitrogens with zero attached hydrogens (tertiary/aromatic N) is 2. The first-order chi connectivity index (χ1) is 16.1. The Morgan fingerprint density at radius 2 is 1.71 bits per heavy atom.